The highest BCUT2D eigenvalue weighted by Gasteiger charge is 2.23. The normalized spacial score (nSPS) is 23.6. The summed E-state index contributed by atoms with van der Waals surface area (Å²) in [6.07, 6.45) is 1.81. The molecule has 5 heteroatoms. The molecule has 1 aromatic rings. The van der Waals surface area contributed by atoms with Gasteiger partial charge in [0, 0.05) is 37.4 Å². The smallest absolute Gasteiger partial charge is 0.133 e. The van der Waals surface area contributed by atoms with Gasteiger partial charge in [-0.1, -0.05) is 17.7 Å². The molecule has 17 heavy (non-hydrogen) atoms. The van der Waals surface area contributed by atoms with Gasteiger partial charge in [-0.3, -0.25) is 4.90 Å². The molecule has 0 bridgehead atoms. The predicted octanol–water partition coefficient (Wildman–Crippen LogP) is 1.28. The molecule has 1 aromatic heterocycles. The van der Waals surface area contributed by atoms with Crippen LogP contribution in [-0.2, 0) is 11.3 Å². The minimum atomic E-state index is 0.0576. The number of hydrogen-bond acceptors (Lipinski definition) is 4. The highest BCUT2D eigenvalue weighted by atomic mass is 35.5. The Morgan fingerprint density at radius 3 is 3.24 bits per heavy atom. The number of ether oxygens (including phenoxy) is 1. The summed E-state index contributed by atoms with van der Waals surface area (Å²) >= 11 is 6.05. The van der Waals surface area contributed by atoms with E-state index in [1.54, 1.807) is 6.20 Å². The van der Waals surface area contributed by atoms with E-state index >= 15 is 0 Å². The van der Waals surface area contributed by atoms with Gasteiger partial charge < -0.3 is 10.5 Å². The number of pyridine rings is 1. The first-order chi connectivity index (χ1) is 8.16. The average Bonchev–Trinajstić information content (AvgIpc) is 2.32. The number of nitrogens with zero attached hydrogens (tertiary/aromatic N) is 2. The molecule has 2 heterocycles. The van der Waals surface area contributed by atoms with Crippen molar-refractivity contribution in [3.63, 3.8) is 0 Å². The Hall–Kier alpha value is -0.680. The lowest BCUT2D eigenvalue weighted by Crippen LogP contribution is -2.49. The van der Waals surface area contributed by atoms with Crippen molar-refractivity contribution in [3.05, 3.63) is 29.0 Å². The van der Waals surface area contributed by atoms with Crippen molar-refractivity contribution in [1.29, 1.82) is 0 Å². The van der Waals surface area contributed by atoms with Gasteiger partial charge in [0.2, 0.25) is 0 Å². The Bertz CT molecular complexity index is 373. The maximum atomic E-state index is 6.05. The zero-order valence-corrected chi connectivity index (χ0v) is 10.7. The van der Waals surface area contributed by atoms with Crippen LogP contribution in [0.25, 0.3) is 0 Å². The van der Waals surface area contributed by atoms with Crippen LogP contribution in [0.4, 0.5) is 0 Å². The van der Waals surface area contributed by atoms with Crippen LogP contribution in [-0.4, -0.2) is 41.7 Å². The number of hydrogen-bond donors (Lipinski definition) is 1. The van der Waals surface area contributed by atoms with Crippen molar-refractivity contribution in [3.8, 4) is 0 Å². The zero-order chi connectivity index (χ0) is 12.3. The SMILES string of the molecule is CC(N)C1CN(Cc2cccnc2Cl)CCO1. The molecular weight excluding hydrogens is 238 g/mol. The first-order valence-electron chi connectivity index (χ1n) is 5.86. The summed E-state index contributed by atoms with van der Waals surface area (Å²) in [6, 6.07) is 3.97. The lowest BCUT2D eigenvalue weighted by atomic mass is 10.1. The van der Waals surface area contributed by atoms with E-state index in [0.717, 1.165) is 31.8 Å². The average molecular weight is 256 g/mol. The highest BCUT2D eigenvalue weighted by molar-refractivity contribution is 6.30. The van der Waals surface area contributed by atoms with Crippen LogP contribution >= 0.6 is 11.6 Å². The lowest BCUT2D eigenvalue weighted by molar-refractivity contribution is -0.0403. The molecule has 4 nitrogen and oxygen atoms in total. The number of rotatable bonds is 3. The predicted molar refractivity (Wildman–Crippen MR) is 67.9 cm³/mol. The van der Waals surface area contributed by atoms with Gasteiger partial charge in [-0.2, -0.15) is 0 Å². The molecule has 1 fully saturated rings. The van der Waals surface area contributed by atoms with Gasteiger partial charge in [0.15, 0.2) is 0 Å². The fourth-order valence-corrected chi connectivity index (χ4v) is 2.15. The molecule has 0 spiro atoms. The van der Waals surface area contributed by atoms with Crippen LogP contribution in [0.15, 0.2) is 18.3 Å². The van der Waals surface area contributed by atoms with Gasteiger partial charge >= 0.3 is 0 Å². The van der Waals surface area contributed by atoms with Gasteiger partial charge in [-0.05, 0) is 13.0 Å². The van der Waals surface area contributed by atoms with Gasteiger partial charge in [-0.15, -0.1) is 0 Å². The summed E-state index contributed by atoms with van der Waals surface area (Å²) < 4.78 is 5.62. The molecule has 1 saturated heterocycles. The Balaban J connectivity index is 1.97. The van der Waals surface area contributed by atoms with E-state index in [4.69, 9.17) is 22.1 Å². The lowest BCUT2D eigenvalue weighted by Gasteiger charge is -2.34. The largest absolute Gasteiger partial charge is 0.374 e. The van der Waals surface area contributed by atoms with Crippen molar-refractivity contribution in [1.82, 2.24) is 9.88 Å². The minimum absolute atomic E-state index is 0.0576. The van der Waals surface area contributed by atoms with Crippen molar-refractivity contribution >= 4 is 11.6 Å². The standard InChI is InChI=1S/C12H18ClN3O/c1-9(14)11-8-16(5-6-17-11)7-10-3-2-4-15-12(10)13/h2-4,9,11H,5-8,14H2,1H3. The van der Waals surface area contributed by atoms with Crippen molar-refractivity contribution in [2.24, 2.45) is 5.73 Å². The molecular formula is C12H18ClN3O. The third kappa shape index (κ3) is 3.39. The number of aromatic nitrogens is 1. The quantitative estimate of drug-likeness (QED) is 0.827. The molecule has 2 N–H and O–H groups in total. The number of nitrogens with two attached hydrogens (primary N) is 1. The summed E-state index contributed by atoms with van der Waals surface area (Å²) in [5.74, 6) is 0. The first-order valence-corrected chi connectivity index (χ1v) is 6.23. The van der Waals surface area contributed by atoms with Crippen molar-refractivity contribution in [2.75, 3.05) is 19.7 Å². The third-order valence-corrected chi connectivity index (χ3v) is 3.33. The van der Waals surface area contributed by atoms with E-state index in [1.165, 1.54) is 0 Å². The summed E-state index contributed by atoms with van der Waals surface area (Å²) in [7, 11) is 0. The Kier molecular flexibility index (Phi) is 4.34. The molecule has 94 valence electrons. The highest BCUT2D eigenvalue weighted by Crippen LogP contribution is 2.16. The Morgan fingerprint density at radius 2 is 2.53 bits per heavy atom. The zero-order valence-electron chi connectivity index (χ0n) is 9.97. The summed E-state index contributed by atoms with van der Waals surface area (Å²) in [5, 5.41) is 0.580. The van der Waals surface area contributed by atoms with Crippen LogP contribution < -0.4 is 5.73 Å². The summed E-state index contributed by atoms with van der Waals surface area (Å²) in [4.78, 5) is 6.39. The Morgan fingerprint density at radius 1 is 1.71 bits per heavy atom. The van der Waals surface area contributed by atoms with Gasteiger partial charge in [0.25, 0.3) is 0 Å². The van der Waals surface area contributed by atoms with E-state index < -0.39 is 0 Å². The van der Waals surface area contributed by atoms with Gasteiger partial charge in [0.05, 0.1) is 12.7 Å². The van der Waals surface area contributed by atoms with Crippen LogP contribution in [0.2, 0.25) is 5.15 Å². The molecule has 1 aliphatic rings. The van der Waals surface area contributed by atoms with Crippen LogP contribution in [0.1, 0.15) is 12.5 Å². The molecule has 0 aliphatic carbocycles. The second kappa shape index (κ2) is 5.78. The molecule has 1 aliphatic heterocycles. The van der Waals surface area contributed by atoms with E-state index in [9.17, 15) is 0 Å². The van der Waals surface area contributed by atoms with Crippen LogP contribution in [0.5, 0.6) is 0 Å². The van der Waals surface area contributed by atoms with E-state index in [0.29, 0.717) is 5.15 Å². The van der Waals surface area contributed by atoms with Crippen molar-refractivity contribution < 1.29 is 4.74 Å². The maximum absolute atomic E-state index is 6.05. The second-order valence-electron chi connectivity index (χ2n) is 4.46. The van der Waals surface area contributed by atoms with Crippen LogP contribution in [0, 0.1) is 0 Å². The minimum Gasteiger partial charge on any atom is -0.374 e. The van der Waals surface area contributed by atoms with E-state index in [1.807, 2.05) is 19.1 Å². The fraction of sp³-hybridized carbons (Fsp3) is 0.583. The monoisotopic (exact) mass is 255 g/mol. The summed E-state index contributed by atoms with van der Waals surface area (Å²) in [6.45, 7) is 5.27. The maximum Gasteiger partial charge on any atom is 0.133 e. The second-order valence-corrected chi connectivity index (χ2v) is 4.81. The van der Waals surface area contributed by atoms with Gasteiger partial charge in [0.1, 0.15) is 5.15 Å². The van der Waals surface area contributed by atoms with Gasteiger partial charge in [-0.25, -0.2) is 4.98 Å². The van der Waals surface area contributed by atoms with E-state index in [2.05, 4.69) is 9.88 Å². The number of morpholine rings is 1. The molecule has 2 unspecified atom stereocenters. The molecule has 0 saturated carbocycles. The van der Waals surface area contributed by atoms with Crippen molar-refractivity contribution in [2.45, 2.75) is 25.6 Å². The topological polar surface area (TPSA) is 51.4 Å². The Labute approximate surface area is 107 Å². The molecule has 0 radical (unpaired) electrons. The number of halogens is 1. The molecule has 2 atom stereocenters. The fourth-order valence-electron chi connectivity index (χ4n) is 1.97. The molecule has 0 amide bonds. The molecule has 0 aromatic carbocycles. The third-order valence-electron chi connectivity index (χ3n) is 2.99. The summed E-state index contributed by atoms with van der Waals surface area (Å²) in [5.41, 5.74) is 6.92. The molecule has 2 rings (SSSR count). The first kappa shape index (κ1) is 12.8. The van der Waals surface area contributed by atoms with E-state index in [-0.39, 0.29) is 12.1 Å². The van der Waals surface area contributed by atoms with Crippen LogP contribution in [0.3, 0.4) is 0 Å².